The minimum Gasteiger partial charge on any atom is -0.401 e. The van der Waals surface area contributed by atoms with E-state index in [0.717, 1.165) is 12.1 Å². The van der Waals surface area contributed by atoms with E-state index in [1.54, 1.807) is 24.3 Å². The Morgan fingerprint density at radius 3 is 2.77 bits per heavy atom. The number of nitrogens with one attached hydrogen (secondary N) is 1. The highest BCUT2D eigenvalue weighted by Crippen LogP contribution is 2.19. The lowest BCUT2D eigenvalue weighted by Gasteiger charge is -2.03. The van der Waals surface area contributed by atoms with Gasteiger partial charge in [-0.25, -0.2) is 0 Å². The smallest absolute Gasteiger partial charge is 0.401 e. The summed E-state index contributed by atoms with van der Waals surface area (Å²) in [6, 6.07) is 10.5. The van der Waals surface area contributed by atoms with Gasteiger partial charge in [-0.15, -0.1) is 0 Å². The topological polar surface area (TPSA) is 109 Å². The number of nitrogens with zero attached hydrogens (tertiary/aromatic N) is 2. The molecule has 7 nitrogen and oxygen atoms in total. The van der Waals surface area contributed by atoms with E-state index < -0.39 is 16.7 Å². The van der Waals surface area contributed by atoms with E-state index in [1.165, 1.54) is 12.1 Å². The third kappa shape index (κ3) is 3.71. The van der Waals surface area contributed by atoms with Crippen molar-refractivity contribution in [1.82, 2.24) is 0 Å². The quantitative estimate of drug-likeness (QED) is 0.402. The Bertz CT molecular complexity index is 804. The van der Waals surface area contributed by atoms with Crippen molar-refractivity contribution >= 4 is 35.2 Å². The summed E-state index contributed by atoms with van der Waals surface area (Å²) in [5.74, 6) is -1.12. The van der Waals surface area contributed by atoms with Gasteiger partial charge in [-0.1, -0.05) is 17.7 Å². The van der Waals surface area contributed by atoms with Crippen molar-refractivity contribution in [2.75, 3.05) is 5.32 Å². The van der Waals surface area contributed by atoms with Gasteiger partial charge in [0.15, 0.2) is 0 Å². The Morgan fingerprint density at radius 2 is 2.18 bits per heavy atom. The molecule has 8 heteroatoms. The molecule has 0 aliphatic rings. The molecule has 0 bridgehead atoms. The fourth-order valence-corrected chi connectivity index (χ4v) is 1.76. The van der Waals surface area contributed by atoms with Crippen LogP contribution in [0.15, 0.2) is 46.4 Å². The van der Waals surface area contributed by atoms with Crippen molar-refractivity contribution < 1.29 is 14.1 Å². The summed E-state index contributed by atoms with van der Waals surface area (Å²) >= 11 is 5.79. The maximum absolute atomic E-state index is 12.0. The maximum Gasteiger partial charge on any atom is 0.433 e. The molecule has 1 heterocycles. The van der Waals surface area contributed by atoms with Gasteiger partial charge in [0.2, 0.25) is 0 Å². The summed E-state index contributed by atoms with van der Waals surface area (Å²) < 4.78 is 4.87. The Balaban J connectivity index is 2.19. The number of carbonyl (C=O) groups is 1. The molecule has 22 heavy (non-hydrogen) atoms. The summed E-state index contributed by atoms with van der Waals surface area (Å²) in [5, 5.41) is 22.5. The summed E-state index contributed by atoms with van der Waals surface area (Å²) in [6.07, 6.45) is 1.12. The number of carbonyl (C=O) groups excluding carboxylic acids is 1. The average molecular weight is 318 g/mol. The number of anilines is 1. The Labute approximate surface area is 129 Å². The van der Waals surface area contributed by atoms with Crippen LogP contribution >= 0.6 is 11.6 Å². The molecule has 1 aromatic carbocycles. The molecule has 0 unspecified atom stereocenters. The van der Waals surface area contributed by atoms with Crippen LogP contribution in [0.5, 0.6) is 0 Å². The molecule has 0 saturated carbocycles. The highest BCUT2D eigenvalue weighted by atomic mass is 35.5. The molecule has 110 valence electrons. The SMILES string of the molecule is N#C/C(=C\c1ccc([N+](=O)[O-])o1)C(=O)Nc1cccc(Cl)c1. The van der Waals surface area contributed by atoms with Crippen molar-refractivity contribution in [2.45, 2.75) is 0 Å². The highest BCUT2D eigenvalue weighted by Gasteiger charge is 2.14. The predicted octanol–water partition coefficient (Wildman–Crippen LogP) is 3.39. The first kappa shape index (κ1) is 15.3. The van der Waals surface area contributed by atoms with E-state index in [-0.39, 0.29) is 11.3 Å². The number of benzene rings is 1. The number of hydrogen-bond donors (Lipinski definition) is 1. The van der Waals surface area contributed by atoms with Crippen LogP contribution in [-0.4, -0.2) is 10.8 Å². The van der Waals surface area contributed by atoms with Gasteiger partial charge in [0.1, 0.15) is 22.3 Å². The van der Waals surface area contributed by atoms with Gasteiger partial charge in [0.05, 0.1) is 6.07 Å². The van der Waals surface area contributed by atoms with E-state index in [4.69, 9.17) is 21.3 Å². The van der Waals surface area contributed by atoms with Crippen LogP contribution in [0.25, 0.3) is 6.08 Å². The van der Waals surface area contributed by atoms with Crippen LogP contribution in [0.4, 0.5) is 11.6 Å². The number of amides is 1. The van der Waals surface area contributed by atoms with Crippen LogP contribution < -0.4 is 5.32 Å². The second-order valence-corrected chi connectivity index (χ2v) is 4.50. The van der Waals surface area contributed by atoms with Crippen molar-refractivity contribution in [3.05, 3.63) is 62.9 Å². The Hall–Kier alpha value is -3.11. The molecule has 1 amide bonds. The normalized spacial score (nSPS) is 10.8. The molecule has 0 atom stereocenters. The van der Waals surface area contributed by atoms with E-state index in [9.17, 15) is 14.9 Å². The summed E-state index contributed by atoms with van der Waals surface area (Å²) in [5.41, 5.74) is 0.160. The second-order valence-electron chi connectivity index (χ2n) is 4.07. The number of hydrogen-bond acceptors (Lipinski definition) is 5. The first-order valence-electron chi connectivity index (χ1n) is 5.92. The van der Waals surface area contributed by atoms with Gasteiger partial charge in [0, 0.05) is 16.8 Å². The third-order valence-electron chi connectivity index (χ3n) is 2.53. The highest BCUT2D eigenvalue weighted by molar-refractivity contribution is 6.31. The van der Waals surface area contributed by atoms with Crippen LogP contribution in [-0.2, 0) is 4.79 Å². The average Bonchev–Trinajstić information content (AvgIpc) is 2.93. The van der Waals surface area contributed by atoms with Gasteiger partial charge in [-0.2, -0.15) is 5.26 Å². The monoisotopic (exact) mass is 317 g/mol. The zero-order valence-electron chi connectivity index (χ0n) is 10.9. The van der Waals surface area contributed by atoms with Crippen LogP contribution in [0.3, 0.4) is 0 Å². The van der Waals surface area contributed by atoms with Crippen molar-refractivity contribution in [3.63, 3.8) is 0 Å². The van der Waals surface area contributed by atoms with Crippen LogP contribution in [0.1, 0.15) is 5.76 Å². The molecular formula is C14H8ClN3O4. The van der Waals surface area contributed by atoms with Crippen LogP contribution in [0.2, 0.25) is 5.02 Å². The van der Waals surface area contributed by atoms with Crippen molar-refractivity contribution in [1.29, 1.82) is 5.26 Å². The van der Waals surface area contributed by atoms with Gasteiger partial charge >= 0.3 is 5.88 Å². The number of furan rings is 1. The molecule has 2 aromatic rings. The fourth-order valence-electron chi connectivity index (χ4n) is 1.57. The lowest BCUT2D eigenvalue weighted by atomic mass is 10.2. The first-order valence-corrected chi connectivity index (χ1v) is 6.30. The number of halogens is 1. The van der Waals surface area contributed by atoms with Crippen LogP contribution in [0, 0.1) is 21.4 Å². The minimum atomic E-state index is -0.713. The predicted molar refractivity (Wildman–Crippen MR) is 79.0 cm³/mol. The molecule has 0 spiro atoms. The molecule has 0 fully saturated rings. The number of nitro groups is 1. The molecule has 0 aliphatic carbocycles. The van der Waals surface area contributed by atoms with E-state index in [0.29, 0.717) is 10.7 Å². The van der Waals surface area contributed by atoms with Gasteiger partial charge in [0.25, 0.3) is 5.91 Å². The van der Waals surface area contributed by atoms with Gasteiger partial charge in [-0.3, -0.25) is 14.9 Å². The number of rotatable bonds is 4. The molecule has 0 saturated heterocycles. The number of nitriles is 1. The van der Waals surface area contributed by atoms with Crippen molar-refractivity contribution in [2.24, 2.45) is 0 Å². The van der Waals surface area contributed by atoms with E-state index >= 15 is 0 Å². The fraction of sp³-hybridized carbons (Fsp3) is 0. The summed E-state index contributed by atoms with van der Waals surface area (Å²) in [6.45, 7) is 0. The van der Waals surface area contributed by atoms with E-state index in [2.05, 4.69) is 5.32 Å². The minimum absolute atomic E-state index is 0.0319. The zero-order valence-corrected chi connectivity index (χ0v) is 11.7. The van der Waals surface area contributed by atoms with Gasteiger partial charge in [-0.05, 0) is 24.3 Å². The molecular weight excluding hydrogens is 310 g/mol. The summed E-state index contributed by atoms with van der Waals surface area (Å²) in [7, 11) is 0. The Kier molecular flexibility index (Phi) is 4.56. The maximum atomic E-state index is 12.0. The molecule has 0 radical (unpaired) electrons. The summed E-state index contributed by atoms with van der Waals surface area (Å²) in [4.78, 5) is 21.8. The molecule has 0 aliphatic heterocycles. The molecule has 1 aromatic heterocycles. The lowest BCUT2D eigenvalue weighted by molar-refractivity contribution is -0.402. The lowest BCUT2D eigenvalue weighted by Crippen LogP contribution is -2.13. The van der Waals surface area contributed by atoms with Crippen molar-refractivity contribution in [3.8, 4) is 6.07 Å². The first-order chi connectivity index (χ1) is 10.5. The second kappa shape index (κ2) is 6.56. The largest absolute Gasteiger partial charge is 0.433 e. The van der Waals surface area contributed by atoms with Gasteiger partial charge < -0.3 is 9.73 Å². The van der Waals surface area contributed by atoms with E-state index in [1.807, 2.05) is 0 Å². The standard InChI is InChI=1S/C14H8ClN3O4/c15-10-2-1-3-11(7-10)17-14(19)9(8-16)6-12-4-5-13(22-12)18(20)21/h1-7H,(H,17,19)/b9-6+. The zero-order chi connectivity index (χ0) is 16.1. The molecule has 1 N–H and O–H groups in total. The Morgan fingerprint density at radius 1 is 1.41 bits per heavy atom. The molecule has 2 rings (SSSR count). The third-order valence-corrected chi connectivity index (χ3v) is 2.76.